The molecule has 0 radical (unpaired) electrons. The van der Waals surface area contributed by atoms with Crippen molar-refractivity contribution >= 4 is 29.2 Å². The van der Waals surface area contributed by atoms with E-state index in [4.69, 9.17) is 21.4 Å². The standard InChI is InChI=1S/C26H21ClF3NO5/c1-14(19-9-7-17(11-20(19)27)15-3-5-16(6-4-15)24(33)34)25(35,26(28,29)30)18-8-10-22-21(12-18)31(2)23(32)13-36-22/h3-12,14,35H,13H2,1-2H3,(H,33,34)/t14-,25-/m0/s1. The first kappa shape index (κ1) is 25.5. The van der Waals surface area contributed by atoms with Crippen LogP contribution in [0.1, 0.15) is 34.3 Å². The number of carboxylic acids is 1. The van der Waals surface area contributed by atoms with Crippen molar-refractivity contribution in [2.24, 2.45) is 0 Å². The van der Waals surface area contributed by atoms with Crippen molar-refractivity contribution in [3.05, 3.63) is 82.4 Å². The van der Waals surface area contributed by atoms with Gasteiger partial charge in [-0.25, -0.2) is 4.79 Å². The van der Waals surface area contributed by atoms with E-state index in [2.05, 4.69) is 0 Å². The molecule has 3 aromatic carbocycles. The third-order valence-electron chi connectivity index (χ3n) is 6.48. The van der Waals surface area contributed by atoms with Crippen LogP contribution >= 0.6 is 11.6 Å². The second-order valence-electron chi connectivity index (χ2n) is 8.53. The van der Waals surface area contributed by atoms with Crippen molar-refractivity contribution in [3.63, 3.8) is 0 Å². The number of rotatable bonds is 5. The summed E-state index contributed by atoms with van der Waals surface area (Å²) >= 11 is 6.41. The summed E-state index contributed by atoms with van der Waals surface area (Å²) in [6, 6.07) is 13.9. The van der Waals surface area contributed by atoms with E-state index in [1.165, 1.54) is 49.2 Å². The fourth-order valence-electron chi connectivity index (χ4n) is 4.26. The Kier molecular flexibility index (Phi) is 6.49. The van der Waals surface area contributed by atoms with E-state index in [9.17, 15) is 27.9 Å². The highest BCUT2D eigenvalue weighted by Gasteiger charge is 2.59. The van der Waals surface area contributed by atoms with Crippen LogP contribution in [0.15, 0.2) is 60.7 Å². The molecule has 1 heterocycles. The van der Waals surface area contributed by atoms with Gasteiger partial charge in [0.15, 0.2) is 12.2 Å². The van der Waals surface area contributed by atoms with Crippen LogP contribution in [0.25, 0.3) is 11.1 Å². The Labute approximate surface area is 209 Å². The number of hydrogen-bond donors (Lipinski definition) is 2. The first-order valence-corrected chi connectivity index (χ1v) is 11.2. The Morgan fingerprint density at radius 1 is 1.06 bits per heavy atom. The number of amides is 1. The number of carbonyl (C=O) groups is 2. The van der Waals surface area contributed by atoms with Crippen LogP contribution in [0, 0.1) is 0 Å². The Balaban J connectivity index is 1.75. The van der Waals surface area contributed by atoms with Crippen molar-refractivity contribution < 1.29 is 37.7 Å². The topological polar surface area (TPSA) is 87.1 Å². The number of nitrogens with zero attached hydrogens (tertiary/aromatic N) is 1. The smallest absolute Gasteiger partial charge is 0.422 e. The molecule has 2 atom stereocenters. The third kappa shape index (κ3) is 4.29. The molecule has 0 aliphatic carbocycles. The molecule has 0 bridgehead atoms. The van der Waals surface area contributed by atoms with Gasteiger partial charge in [-0.2, -0.15) is 13.2 Å². The van der Waals surface area contributed by atoms with Gasteiger partial charge in [0, 0.05) is 18.0 Å². The van der Waals surface area contributed by atoms with Crippen LogP contribution in [0.5, 0.6) is 5.75 Å². The predicted octanol–water partition coefficient (Wildman–Crippen LogP) is 5.61. The second kappa shape index (κ2) is 9.15. The van der Waals surface area contributed by atoms with E-state index >= 15 is 0 Å². The van der Waals surface area contributed by atoms with Gasteiger partial charge >= 0.3 is 12.1 Å². The summed E-state index contributed by atoms with van der Waals surface area (Å²) in [6.45, 7) is 0.991. The summed E-state index contributed by atoms with van der Waals surface area (Å²) in [5.74, 6) is -2.82. The summed E-state index contributed by atoms with van der Waals surface area (Å²) in [6.07, 6.45) is -5.09. The molecule has 1 aliphatic heterocycles. The van der Waals surface area contributed by atoms with Gasteiger partial charge in [0.05, 0.1) is 11.3 Å². The Morgan fingerprint density at radius 3 is 2.28 bits per heavy atom. The molecule has 6 nitrogen and oxygen atoms in total. The van der Waals surface area contributed by atoms with Crippen molar-refractivity contribution in [3.8, 4) is 16.9 Å². The molecule has 10 heteroatoms. The Morgan fingerprint density at radius 2 is 1.69 bits per heavy atom. The highest BCUT2D eigenvalue weighted by molar-refractivity contribution is 6.31. The number of aromatic carboxylic acids is 1. The zero-order chi connectivity index (χ0) is 26.4. The first-order valence-electron chi connectivity index (χ1n) is 10.8. The lowest BCUT2D eigenvalue weighted by molar-refractivity contribution is -0.274. The minimum atomic E-state index is -5.09. The number of aliphatic hydroxyl groups is 1. The number of alkyl halides is 3. The van der Waals surface area contributed by atoms with Crippen LogP contribution in [0.4, 0.5) is 18.9 Å². The summed E-state index contributed by atoms with van der Waals surface area (Å²) in [5, 5.41) is 20.3. The maximum absolute atomic E-state index is 14.5. The number of carbonyl (C=O) groups excluding carboxylic acids is 1. The normalized spacial score (nSPS) is 16.1. The van der Waals surface area contributed by atoms with Crippen molar-refractivity contribution in [2.75, 3.05) is 18.6 Å². The Bertz CT molecular complexity index is 1340. The summed E-state index contributed by atoms with van der Waals surface area (Å²) in [5.41, 5.74) is -2.35. The molecule has 4 rings (SSSR count). The molecular weight excluding hydrogens is 499 g/mol. The van der Waals surface area contributed by atoms with E-state index in [-0.39, 0.29) is 34.2 Å². The van der Waals surface area contributed by atoms with Crippen LogP contribution in [0.2, 0.25) is 5.02 Å². The van der Waals surface area contributed by atoms with Crippen molar-refractivity contribution in [2.45, 2.75) is 24.6 Å². The average molecular weight is 520 g/mol. The molecule has 0 saturated carbocycles. The van der Waals surface area contributed by atoms with E-state index in [1.807, 2.05) is 0 Å². The molecule has 0 spiro atoms. The SMILES string of the molecule is C[C@@H](c1ccc(-c2ccc(C(=O)O)cc2)cc1Cl)[C@](O)(c1ccc2c(c1)N(C)C(=O)CO2)C(F)(F)F. The van der Waals surface area contributed by atoms with Crippen LogP contribution in [-0.2, 0) is 10.4 Å². The van der Waals surface area contributed by atoms with Gasteiger partial charge in [-0.15, -0.1) is 0 Å². The number of carboxylic acid groups (broad SMARTS) is 1. The Hall–Kier alpha value is -3.56. The van der Waals surface area contributed by atoms with Crippen LogP contribution in [0.3, 0.4) is 0 Å². The number of ether oxygens (including phenoxy) is 1. The fraction of sp³-hybridized carbons (Fsp3) is 0.231. The first-order chi connectivity index (χ1) is 16.8. The van der Waals surface area contributed by atoms with Gasteiger partial charge in [0.1, 0.15) is 5.75 Å². The molecule has 188 valence electrons. The van der Waals surface area contributed by atoms with Gasteiger partial charge in [-0.05, 0) is 52.6 Å². The molecule has 1 amide bonds. The largest absolute Gasteiger partial charge is 0.482 e. The summed E-state index contributed by atoms with van der Waals surface area (Å²) in [4.78, 5) is 24.2. The number of benzene rings is 3. The fourth-order valence-corrected chi connectivity index (χ4v) is 4.60. The zero-order valence-electron chi connectivity index (χ0n) is 19.1. The van der Waals surface area contributed by atoms with Gasteiger partial charge in [0.25, 0.3) is 5.91 Å². The molecule has 2 N–H and O–H groups in total. The third-order valence-corrected chi connectivity index (χ3v) is 6.80. The lowest BCUT2D eigenvalue weighted by atomic mass is 9.77. The molecule has 0 unspecified atom stereocenters. The van der Waals surface area contributed by atoms with Crippen LogP contribution < -0.4 is 9.64 Å². The van der Waals surface area contributed by atoms with Gasteiger partial charge in [0.2, 0.25) is 0 Å². The molecule has 0 fully saturated rings. The lowest BCUT2D eigenvalue weighted by Gasteiger charge is -2.38. The maximum Gasteiger partial charge on any atom is 0.422 e. The minimum Gasteiger partial charge on any atom is -0.482 e. The van der Waals surface area contributed by atoms with Gasteiger partial charge < -0.3 is 19.8 Å². The van der Waals surface area contributed by atoms with Crippen LogP contribution in [-0.4, -0.2) is 41.9 Å². The number of fused-ring (bicyclic) bond motifs is 1. The van der Waals surface area contributed by atoms with Crippen molar-refractivity contribution in [1.82, 2.24) is 0 Å². The number of anilines is 1. The van der Waals surface area contributed by atoms with E-state index in [0.717, 1.165) is 12.1 Å². The van der Waals surface area contributed by atoms with E-state index in [0.29, 0.717) is 11.1 Å². The minimum absolute atomic E-state index is 0.00132. The molecule has 0 aromatic heterocycles. The quantitative estimate of drug-likeness (QED) is 0.457. The molecule has 3 aromatic rings. The van der Waals surface area contributed by atoms with Crippen molar-refractivity contribution in [1.29, 1.82) is 0 Å². The van der Waals surface area contributed by atoms with E-state index < -0.39 is 35.1 Å². The predicted molar refractivity (Wildman–Crippen MR) is 128 cm³/mol. The lowest BCUT2D eigenvalue weighted by Crippen LogP contribution is -2.47. The van der Waals surface area contributed by atoms with Gasteiger partial charge in [-0.3, -0.25) is 4.79 Å². The second-order valence-corrected chi connectivity index (χ2v) is 8.94. The highest BCUT2D eigenvalue weighted by atomic mass is 35.5. The molecule has 36 heavy (non-hydrogen) atoms. The average Bonchev–Trinajstić information content (AvgIpc) is 2.84. The van der Waals surface area contributed by atoms with Gasteiger partial charge in [-0.1, -0.05) is 48.9 Å². The molecule has 1 aliphatic rings. The molecule has 0 saturated heterocycles. The monoisotopic (exact) mass is 519 g/mol. The number of likely N-dealkylation sites (N-methyl/N-ethyl adjacent to an activating group) is 1. The maximum atomic E-state index is 14.5. The number of halogens is 4. The summed E-state index contributed by atoms with van der Waals surface area (Å²) in [7, 11) is 1.42. The number of hydrogen-bond acceptors (Lipinski definition) is 4. The van der Waals surface area contributed by atoms with E-state index in [1.54, 1.807) is 18.2 Å². The zero-order valence-corrected chi connectivity index (χ0v) is 19.9. The summed E-state index contributed by atoms with van der Waals surface area (Å²) < 4.78 is 48.7. The molecular formula is C26H21ClF3NO5. The highest BCUT2D eigenvalue weighted by Crippen LogP contribution is 2.51.